The topological polar surface area (TPSA) is 33.2 Å². The Balaban J connectivity index is 1.67. The highest BCUT2D eigenvalue weighted by molar-refractivity contribution is 7.10. The zero-order valence-electron chi connectivity index (χ0n) is 12.2. The molecule has 0 bridgehead atoms. The molecule has 0 aromatic carbocycles. The molecule has 2 aromatic rings. The fourth-order valence-corrected chi connectivity index (χ4v) is 4.25. The van der Waals surface area contributed by atoms with Gasteiger partial charge in [0.2, 0.25) is 0 Å². The summed E-state index contributed by atoms with van der Waals surface area (Å²) in [6.45, 7) is 2.83. The zero-order valence-corrected chi connectivity index (χ0v) is 13.9. The number of aromatic nitrogens is 1. The van der Waals surface area contributed by atoms with E-state index >= 15 is 0 Å². The van der Waals surface area contributed by atoms with Crippen molar-refractivity contribution in [1.29, 1.82) is 0 Å². The van der Waals surface area contributed by atoms with Gasteiger partial charge in [0.1, 0.15) is 5.69 Å². The number of piperidine rings is 1. The fraction of sp³-hybridized carbons (Fsp3) is 0.500. The first-order valence-corrected chi connectivity index (χ1v) is 9.25. The van der Waals surface area contributed by atoms with Crippen molar-refractivity contribution in [2.24, 2.45) is 0 Å². The predicted molar refractivity (Wildman–Crippen MR) is 88.2 cm³/mol. The molecule has 3 rings (SSSR count). The van der Waals surface area contributed by atoms with Crippen LogP contribution < -0.4 is 0 Å². The summed E-state index contributed by atoms with van der Waals surface area (Å²) < 4.78 is 0. The zero-order chi connectivity index (χ0) is 14.7. The lowest BCUT2D eigenvalue weighted by molar-refractivity contribution is 0.0597. The van der Waals surface area contributed by atoms with Crippen LogP contribution in [0, 0.1) is 6.92 Å². The summed E-state index contributed by atoms with van der Waals surface area (Å²) in [5, 5.41) is 4.98. The summed E-state index contributed by atoms with van der Waals surface area (Å²) in [7, 11) is 0. The molecule has 0 radical (unpaired) electrons. The van der Waals surface area contributed by atoms with E-state index in [2.05, 4.69) is 27.4 Å². The second-order valence-electron chi connectivity index (χ2n) is 5.52. The Kier molecular flexibility index (Phi) is 4.70. The molecule has 0 aliphatic carbocycles. The van der Waals surface area contributed by atoms with Crippen LogP contribution in [-0.4, -0.2) is 28.4 Å². The number of hydrogen-bond donors (Lipinski definition) is 0. The number of carbonyl (C=O) groups is 1. The molecular weight excluding hydrogens is 300 g/mol. The van der Waals surface area contributed by atoms with Gasteiger partial charge in [-0.15, -0.1) is 22.7 Å². The average Bonchev–Trinajstić information content (AvgIpc) is 3.16. The second kappa shape index (κ2) is 6.71. The molecule has 1 fully saturated rings. The van der Waals surface area contributed by atoms with E-state index in [1.54, 1.807) is 22.7 Å². The molecule has 0 unspecified atom stereocenters. The van der Waals surface area contributed by atoms with Crippen molar-refractivity contribution in [3.05, 3.63) is 38.5 Å². The van der Waals surface area contributed by atoms with Crippen LogP contribution in [0.1, 0.15) is 46.1 Å². The second-order valence-corrected chi connectivity index (χ2v) is 7.61. The van der Waals surface area contributed by atoms with E-state index < -0.39 is 0 Å². The molecule has 1 saturated heterocycles. The highest BCUT2D eigenvalue weighted by Gasteiger charge is 2.28. The summed E-state index contributed by atoms with van der Waals surface area (Å²) >= 11 is 3.36. The number of carbonyl (C=O) groups excluding carboxylic acids is 1. The molecule has 112 valence electrons. The number of hydrogen-bond acceptors (Lipinski definition) is 4. The largest absolute Gasteiger partial charge is 0.334 e. The molecule has 3 nitrogen and oxygen atoms in total. The van der Waals surface area contributed by atoms with Crippen LogP contribution in [0.2, 0.25) is 0 Å². The number of aryl methyl sites for hydroxylation is 2. The Bertz CT molecular complexity index is 591. The minimum Gasteiger partial charge on any atom is -0.334 e. The van der Waals surface area contributed by atoms with Gasteiger partial charge in [0, 0.05) is 22.8 Å². The Labute approximate surface area is 133 Å². The van der Waals surface area contributed by atoms with Crippen LogP contribution in [-0.2, 0) is 6.42 Å². The van der Waals surface area contributed by atoms with Crippen molar-refractivity contribution >= 4 is 28.6 Å². The number of thiazole rings is 1. The van der Waals surface area contributed by atoms with Crippen LogP contribution in [0.4, 0.5) is 0 Å². The van der Waals surface area contributed by atoms with Gasteiger partial charge in [-0.3, -0.25) is 4.79 Å². The van der Waals surface area contributed by atoms with E-state index in [-0.39, 0.29) is 5.91 Å². The smallest absolute Gasteiger partial charge is 0.273 e. The molecule has 0 N–H and O–H groups in total. The van der Waals surface area contributed by atoms with E-state index in [4.69, 9.17) is 0 Å². The van der Waals surface area contributed by atoms with Crippen molar-refractivity contribution in [3.63, 3.8) is 0 Å². The molecule has 3 heterocycles. The number of amides is 1. The van der Waals surface area contributed by atoms with Gasteiger partial charge in [-0.25, -0.2) is 4.98 Å². The van der Waals surface area contributed by atoms with Gasteiger partial charge in [0.15, 0.2) is 0 Å². The predicted octanol–water partition coefficient (Wildman–Crippen LogP) is 4.14. The summed E-state index contributed by atoms with van der Waals surface area (Å²) in [6, 6.07) is 4.65. The lowest BCUT2D eigenvalue weighted by Crippen LogP contribution is -2.44. The van der Waals surface area contributed by atoms with Gasteiger partial charge in [0.05, 0.1) is 5.01 Å². The van der Waals surface area contributed by atoms with Crippen molar-refractivity contribution in [1.82, 2.24) is 9.88 Å². The minimum atomic E-state index is 0.121. The van der Waals surface area contributed by atoms with Crippen LogP contribution >= 0.6 is 22.7 Å². The summed E-state index contributed by atoms with van der Waals surface area (Å²) in [4.78, 5) is 20.5. The van der Waals surface area contributed by atoms with E-state index in [9.17, 15) is 4.79 Å². The first-order chi connectivity index (χ1) is 10.2. The SMILES string of the molecule is Cc1nc(C(=O)N2CCCC[C@@H]2CCc2cccs2)cs1. The van der Waals surface area contributed by atoms with Gasteiger partial charge in [0.25, 0.3) is 5.91 Å². The Morgan fingerprint density at radius 2 is 2.33 bits per heavy atom. The standard InChI is InChI=1S/C16H20N2OS2/c1-12-17-15(11-21-12)16(19)18-9-3-2-5-13(18)7-8-14-6-4-10-20-14/h4,6,10-11,13H,2-3,5,7-9H2,1H3/t13-/m1/s1. The summed E-state index contributed by atoms with van der Waals surface area (Å²) in [5.74, 6) is 0.121. The first kappa shape index (κ1) is 14.7. The molecule has 0 spiro atoms. The van der Waals surface area contributed by atoms with Gasteiger partial charge < -0.3 is 4.90 Å². The van der Waals surface area contributed by atoms with E-state index in [1.165, 1.54) is 11.3 Å². The first-order valence-electron chi connectivity index (χ1n) is 7.49. The van der Waals surface area contributed by atoms with Crippen LogP contribution in [0.25, 0.3) is 0 Å². The van der Waals surface area contributed by atoms with Crippen molar-refractivity contribution in [2.75, 3.05) is 6.54 Å². The highest BCUT2D eigenvalue weighted by atomic mass is 32.1. The molecule has 21 heavy (non-hydrogen) atoms. The molecule has 1 aliphatic heterocycles. The monoisotopic (exact) mass is 320 g/mol. The number of likely N-dealkylation sites (tertiary alicyclic amines) is 1. The van der Waals surface area contributed by atoms with Crippen molar-refractivity contribution in [2.45, 2.75) is 45.1 Å². The number of nitrogens with zero attached hydrogens (tertiary/aromatic N) is 2. The van der Waals surface area contributed by atoms with Gasteiger partial charge in [-0.2, -0.15) is 0 Å². The van der Waals surface area contributed by atoms with Crippen molar-refractivity contribution in [3.8, 4) is 0 Å². The van der Waals surface area contributed by atoms with Gasteiger partial charge in [-0.05, 0) is 50.5 Å². The Hall–Kier alpha value is -1.20. The maximum Gasteiger partial charge on any atom is 0.273 e. The molecule has 2 aromatic heterocycles. The van der Waals surface area contributed by atoms with Crippen LogP contribution in [0.3, 0.4) is 0 Å². The number of thiophene rings is 1. The Morgan fingerprint density at radius 1 is 1.43 bits per heavy atom. The van der Waals surface area contributed by atoms with E-state index in [0.29, 0.717) is 11.7 Å². The normalized spacial score (nSPS) is 18.9. The minimum absolute atomic E-state index is 0.121. The van der Waals surface area contributed by atoms with Crippen LogP contribution in [0.15, 0.2) is 22.9 Å². The molecule has 0 saturated carbocycles. The quantitative estimate of drug-likeness (QED) is 0.848. The molecular formula is C16H20N2OS2. The van der Waals surface area contributed by atoms with E-state index in [0.717, 1.165) is 37.2 Å². The maximum absolute atomic E-state index is 12.7. The number of rotatable bonds is 4. The molecule has 1 aliphatic rings. The van der Waals surface area contributed by atoms with Crippen molar-refractivity contribution < 1.29 is 4.79 Å². The molecule has 1 amide bonds. The third kappa shape index (κ3) is 3.52. The lowest BCUT2D eigenvalue weighted by atomic mass is 9.97. The van der Waals surface area contributed by atoms with Crippen LogP contribution in [0.5, 0.6) is 0 Å². The van der Waals surface area contributed by atoms with Gasteiger partial charge >= 0.3 is 0 Å². The Morgan fingerprint density at radius 3 is 3.05 bits per heavy atom. The highest BCUT2D eigenvalue weighted by Crippen LogP contribution is 2.24. The van der Waals surface area contributed by atoms with Gasteiger partial charge in [-0.1, -0.05) is 6.07 Å². The third-order valence-corrected chi connectivity index (χ3v) is 5.74. The van der Waals surface area contributed by atoms with E-state index in [1.807, 2.05) is 12.3 Å². The maximum atomic E-state index is 12.7. The molecule has 1 atom stereocenters. The lowest BCUT2D eigenvalue weighted by Gasteiger charge is -2.35. The fourth-order valence-electron chi connectivity index (χ4n) is 2.94. The average molecular weight is 320 g/mol. The third-order valence-electron chi connectivity index (χ3n) is 4.03. The summed E-state index contributed by atoms with van der Waals surface area (Å²) in [6.07, 6.45) is 5.61. The summed E-state index contributed by atoms with van der Waals surface area (Å²) in [5.41, 5.74) is 0.625. The molecule has 5 heteroatoms.